The number of anilines is 1. The molecule has 1 N–H and O–H groups in total. The summed E-state index contributed by atoms with van der Waals surface area (Å²) < 4.78 is 17.9. The van der Waals surface area contributed by atoms with Gasteiger partial charge >= 0.3 is 0 Å². The van der Waals surface area contributed by atoms with Gasteiger partial charge in [0.15, 0.2) is 17.3 Å². The highest BCUT2D eigenvalue weighted by atomic mass is 16.5. The molecule has 0 bridgehead atoms. The summed E-state index contributed by atoms with van der Waals surface area (Å²) in [6.45, 7) is 0.386. The lowest BCUT2D eigenvalue weighted by Crippen LogP contribution is -2.02. The van der Waals surface area contributed by atoms with Crippen LogP contribution in [0.2, 0.25) is 0 Å². The van der Waals surface area contributed by atoms with Gasteiger partial charge in [0.25, 0.3) is 0 Å². The fraction of sp³-hybridized carbons (Fsp3) is 0.286. The van der Waals surface area contributed by atoms with Gasteiger partial charge < -0.3 is 19.3 Å². The molecule has 0 aliphatic heterocycles. The molecular formula is C21H21N7O3. The maximum atomic E-state index is 5.40. The van der Waals surface area contributed by atoms with Crippen LogP contribution in [0.5, 0.6) is 11.5 Å². The van der Waals surface area contributed by atoms with Crippen LogP contribution in [0.25, 0.3) is 22.8 Å². The Morgan fingerprint density at radius 2 is 1.94 bits per heavy atom. The minimum Gasteiger partial charge on any atom is -0.493 e. The Labute approximate surface area is 178 Å². The maximum absolute atomic E-state index is 5.40. The zero-order valence-electron chi connectivity index (χ0n) is 17.1. The third kappa shape index (κ3) is 3.91. The van der Waals surface area contributed by atoms with Gasteiger partial charge in [-0.05, 0) is 53.6 Å². The van der Waals surface area contributed by atoms with Crippen LogP contribution < -0.4 is 14.8 Å². The first-order valence-electron chi connectivity index (χ1n) is 9.92. The van der Waals surface area contributed by atoms with Crippen molar-refractivity contribution in [3.63, 3.8) is 0 Å². The Kier molecular flexibility index (Phi) is 4.95. The third-order valence-corrected chi connectivity index (χ3v) is 5.06. The normalized spacial score (nSPS) is 13.2. The number of benzene rings is 2. The van der Waals surface area contributed by atoms with Gasteiger partial charge in [0, 0.05) is 16.8 Å². The van der Waals surface area contributed by atoms with Crippen molar-refractivity contribution in [3.8, 4) is 34.3 Å². The van der Waals surface area contributed by atoms with Crippen molar-refractivity contribution in [3.05, 3.63) is 48.4 Å². The van der Waals surface area contributed by atoms with Gasteiger partial charge in [-0.2, -0.15) is 4.98 Å². The quantitative estimate of drug-likeness (QED) is 0.459. The van der Waals surface area contributed by atoms with Gasteiger partial charge in [-0.15, -0.1) is 5.10 Å². The van der Waals surface area contributed by atoms with Crippen molar-refractivity contribution in [2.45, 2.75) is 25.4 Å². The van der Waals surface area contributed by atoms with Crippen LogP contribution in [0.15, 0.2) is 47.0 Å². The highest BCUT2D eigenvalue weighted by molar-refractivity contribution is 5.63. The number of tetrazole rings is 1. The molecule has 0 spiro atoms. The summed E-state index contributed by atoms with van der Waals surface area (Å²) >= 11 is 0. The van der Waals surface area contributed by atoms with Crippen LogP contribution >= 0.6 is 0 Å². The largest absolute Gasteiger partial charge is 0.493 e. The summed E-state index contributed by atoms with van der Waals surface area (Å²) in [7, 11) is 3.18. The van der Waals surface area contributed by atoms with E-state index >= 15 is 0 Å². The van der Waals surface area contributed by atoms with Crippen molar-refractivity contribution in [1.29, 1.82) is 0 Å². The van der Waals surface area contributed by atoms with E-state index in [1.165, 1.54) is 0 Å². The minimum atomic E-state index is 0.386. The number of methoxy groups -OCH3 is 2. The molecule has 0 amide bonds. The molecule has 0 atom stereocenters. The first-order valence-corrected chi connectivity index (χ1v) is 9.92. The summed E-state index contributed by atoms with van der Waals surface area (Å²) in [4.78, 5) is 4.47. The lowest BCUT2D eigenvalue weighted by Gasteiger charge is -2.07. The van der Waals surface area contributed by atoms with Gasteiger partial charge in [0.2, 0.25) is 11.7 Å². The molecule has 2 aromatic heterocycles. The van der Waals surface area contributed by atoms with E-state index in [2.05, 4.69) is 31.0 Å². The van der Waals surface area contributed by atoms with Crippen LogP contribution in [-0.4, -0.2) is 44.6 Å². The summed E-state index contributed by atoms with van der Waals surface area (Å²) in [6, 6.07) is 13.8. The molecule has 1 aliphatic rings. The second-order valence-electron chi connectivity index (χ2n) is 7.19. The van der Waals surface area contributed by atoms with Crippen molar-refractivity contribution in [2.75, 3.05) is 19.5 Å². The predicted molar refractivity (Wildman–Crippen MR) is 112 cm³/mol. The number of hydrogen-bond acceptors (Lipinski definition) is 9. The lowest BCUT2D eigenvalue weighted by atomic mass is 10.2. The lowest BCUT2D eigenvalue weighted by molar-refractivity contribution is 0.355. The van der Waals surface area contributed by atoms with E-state index in [0.717, 1.165) is 35.5 Å². The van der Waals surface area contributed by atoms with E-state index in [1.807, 2.05) is 47.1 Å². The molecule has 2 heterocycles. The average molecular weight is 419 g/mol. The molecule has 10 heteroatoms. The zero-order valence-corrected chi connectivity index (χ0v) is 17.1. The Balaban J connectivity index is 1.29. The fourth-order valence-electron chi connectivity index (χ4n) is 3.31. The highest BCUT2D eigenvalue weighted by Crippen LogP contribution is 2.37. The Bertz CT molecular complexity index is 1200. The molecule has 10 nitrogen and oxygen atoms in total. The van der Waals surface area contributed by atoms with Crippen molar-refractivity contribution in [2.24, 2.45) is 0 Å². The van der Waals surface area contributed by atoms with Crippen LogP contribution in [-0.2, 0) is 6.54 Å². The third-order valence-electron chi connectivity index (χ3n) is 5.06. The maximum Gasteiger partial charge on any atom is 0.246 e. The molecule has 0 radical (unpaired) electrons. The van der Waals surface area contributed by atoms with Crippen LogP contribution in [0.4, 0.5) is 5.69 Å². The molecule has 2 aromatic carbocycles. The molecule has 0 unspecified atom stereocenters. The molecular weight excluding hydrogens is 398 g/mol. The summed E-state index contributed by atoms with van der Waals surface area (Å²) in [5.41, 5.74) is 2.65. The Hall–Kier alpha value is -3.95. The monoisotopic (exact) mass is 419 g/mol. The van der Waals surface area contributed by atoms with E-state index < -0.39 is 0 Å². The second kappa shape index (κ2) is 8.05. The van der Waals surface area contributed by atoms with Gasteiger partial charge in [-0.25, -0.2) is 4.68 Å². The number of ether oxygens (including phenoxy) is 2. The van der Waals surface area contributed by atoms with E-state index in [4.69, 9.17) is 14.0 Å². The van der Waals surface area contributed by atoms with E-state index in [0.29, 0.717) is 35.8 Å². The Morgan fingerprint density at radius 1 is 1.06 bits per heavy atom. The van der Waals surface area contributed by atoms with Crippen molar-refractivity contribution >= 4 is 5.69 Å². The van der Waals surface area contributed by atoms with Crippen LogP contribution in [0.3, 0.4) is 0 Å². The molecule has 0 saturated heterocycles. The second-order valence-corrected chi connectivity index (χ2v) is 7.19. The number of rotatable bonds is 8. The zero-order chi connectivity index (χ0) is 21.2. The molecule has 1 saturated carbocycles. The minimum absolute atomic E-state index is 0.386. The Morgan fingerprint density at radius 3 is 2.74 bits per heavy atom. The summed E-state index contributed by atoms with van der Waals surface area (Å²) in [5.74, 6) is 2.98. The molecule has 1 aliphatic carbocycles. The molecule has 31 heavy (non-hydrogen) atoms. The van der Waals surface area contributed by atoms with Crippen LogP contribution in [0, 0.1) is 0 Å². The van der Waals surface area contributed by atoms with E-state index in [1.54, 1.807) is 14.2 Å². The van der Waals surface area contributed by atoms with Gasteiger partial charge in [0.1, 0.15) is 0 Å². The number of aromatic nitrogens is 6. The molecule has 1 fully saturated rings. The molecule has 158 valence electrons. The van der Waals surface area contributed by atoms with Gasteiger partial charge in [0.05, 0.1) is 26.8 Å². The van der Waals surface area contributed by atoms with E-state index in [-0.39, 0.29) is 0 Å². The smallest absolute Gasteiger partial charge is 0.246 e. The highest BCUT2D eigenvalue weighted by Gasteiger charge is 2.28. The number of nitrogens with one attached hydrogen (secondary N) is 1. The van der Waals surface area contributed by atoms with Crippen molar-refractivity contribution in [1.82, 2.24) is 30.3 Å². The molecule has 4 aromatic rings. The van der Waals surface area contributed by atoms with Gasteiger partial charge in [-0.3, -0.25) is 0 Å². The van der Waals surface area contributed by atoms with Crippen molar-refractivity contribution < 1.29 is 14.0 Å². The van der Waals surface area contributed by atoms with Gasteiger partial charge in [-0.1, -0.05) is 17.3 Å². The summed E-state index contributed by atoms with van der Waals surface area (Å²) in [6.07, 6.45) is 2.24. The number of nitrogens with zero attached hydrogens (tertiary/aromatic N) is 6. The predicted octanol–water partition coefficient (Wildman–Crippen LogP) is 3.35. The van der Waals surface area contributed by atoms with E-state index in [9.17, 15) is 0 Å². The molecule has 5 rings (SSSR count). The first-order chi connectivity index (χ1) is 15.2. The standard InChI is InChI=1S/C21H21N7O3/c1-29-17-9-6-13(11-18(17)30-2)20-23-19(31-25-20)12-22-15-5-3-4-14(10-15)21-24-26-27-28(21)16-7-8-16/h3-6,9-11,16,22H,7-8,12H2,1-2H3. The first kappa shape index (κ1) is 19.0. The summed E-state index contributed by atoms with van der Waals surface area (Å²) in [5, 5.41) is 19.5. The topological polar surface area (TPSA) is 113 Å². The fourth-order valence-corrected chi connectivity index (χ4v) is 3.31. The van der Waals surface area contributed by atoms with Crippen LogP contribution in [0.1, 0.15) is 24.8 Å². The number of hydrogen-bond donors (Lipinski definition) is 1. The SMILES string of the molecule is COc1ccc(-c2noc(CNc3cccc(-c4nnnn4C4CC4)c3)n2)cc1OC. The average Bonchev–Trinajstić information content (AvgIpc) is 3.34.